The van der Waals surface area contributed by atoms with Gasteiger partial charge in [-0.2, -0.15) is 0 Å². The van der Waals surface area contributed by atoms with Crippen molar-refractivity contribution in [3.63, 3.8) is 0 Å². The van der Waals surface area contributed by atoms with Gasteiger partial charge in [-0.05, 0) is 12.0 Å². The Morgan fingerprint density at radius 2 is 1.92 bits per heavy atom. The maximum Gasteiger partial charge on any atom is 0.407 e. The quantitative estimate of drug-likeness (QED) is 0.793. The summed E-state index contributed by atoms with van der Waals surface area (Å²) in [5.74, 6) is 0.676. The Morgan fingerprint density at radius 1 is 1.21 bits per heavy atom. The number of rotatable bonds is 7. The molecule has 0 spiro atoms. The zero-order valence-corrected chi connectivity index (χ0v) is 14.0. The minimum Gasteiger partial charge on any atom is -0.445 e. The highest BCUT2D eigenvalue weighted by Crippen LogP contribution is 2.05. The van der Waals surface area contributed by atoms with E-state index in [-0.39, 0.29) is 6.61 Å². The van der Waals surface area contributed by atoms with Crippen LogP contribution in [0.1, 0.15) is 17.5 Å². The standard InChI is InChI=1S/C18H22N4O2/c1-22(2)17-20-12-16(13-21-17)10-6-7-11-19-18(23)24-14-15-8-4-3-5-9-15/h3-6,8-10,12-13H,7,11,14H2,1-2H3,(H,19,23). The molecule has 0 unspecified atom stereocenters. The Labute approximate surface area is 142 Å². The summed E-state index contributed by atoms with van der Waals surface area (Å²) in [7, 11) is 3.79. The highest BCUT2D eigenvalue weighted by molar-refractivity contribution is 5.67. The molecule has 6 heteroatoms. The Hall–Kier alpha value is -2.89. The number of nitrogens with one attached hydrogen (secondary N) is 1. The van der Waals surface area contributed by atoms with Gasteiger partial charge in [-0.1, -0.05) is 42.5 Å². The predicted molar refractivity (Wildman–Crippen MR) is 94.6 cm³/mol. The average Bonchev–Trinajstić information content (AvgIpc) is 2.61. The molecule has 1 amide bonds. The molecule has 0 aliphatic carbocycles. The van der Waals surface area contributed by atoms with Crippen LogP contribution in [0.15, 0.2) is 48.8 Å². The number of hydrogen-bond acceptors (Lipinski definition) is 5. The number of anilines is 1. The van der Waals surface area contributed by atoms with Gasteiger partial charge in [-0.15, -0.1) is 0 Å². The van der Waals surface area contributed by atoms with Crippen molar-refractivity contribution in [1.82, 2.24) is 15.3 Å². The van der Waals surface area contributed by atoms with Crippen LogP contribution in [0.3, 0.4) is 0 Å². The van der Waals surface area contributed by atoms with E-state index in [1.54, 1.807) is 12.4 Å². The first-order valence-corrected chi connectivity index (χ1v) is 7.75. The van der Waals surface area contributed by atoms with Gasteiger partial charge < -0.3 is 15.0 Å². The minimum atomic E-state index is -0.411. The van der Waals surface area contributed by atoms with Crippen LogP contribution in [0.4, 0.5) is 10.7 Å². The van der Waals surface area contributed by atoms with E-state index in [2.05, 4.69) is 15.3 Å². The zero-order valence-electron chi connectivity index (χ0n) is 14.0. The number of carbonyl (C=O) groups is 1. The molecule has 0 aliphatic rings. The number of benzene rings is 1. The topological polar surface area (TPSA) is 67.4 Å². The fourth-order valence-corrected chi connectivity index (χ4v) is 1.90. The molecule has 1 N–H and O–H groups in total. The van der Waals surface area contributed by atoms with Crippen LogP contribution >= 0.6 is 0 Å². The summed E-state index contributed by atoms with van der Waals surface area (Å²) < 4.78 is 5.13. The molecule has 0 atom stereocenters. The van der Waals surface area contributed by atoms with E-state index in [0.29, 0.717) is 18.9 Å². The summed E-state index contributed by atoms with van der Waals surface area (Å²) in [6.07, 6.45) is 7.71. The lowest BCUT2D eigenvalue weighted by atomic mass is 10.2. The number of carbonyl (C=O) groups excluding carboxylic acids is 1. The van der Waals surface area contributed by atoms with Crippen molar-refractivity contribution in [3.05, 3.63) is 59.9 Å². The molecule has 0 saturated heterocycles. The molecule has 0 fully saturated rings. The van der Waals surface area contributed by atoms with Crippen molar-refractivity contribution < 1.29 is 9.53 Å². The SMILES string of the molecule is CN(C)c1ncc(C=CCCNC(=O)OCc2ccccc2)cn1. The largest absolute Gasteiger partial charge is 0.445 e. The lowest BCUT2D eigenvalue weighted by Crippen LogP contribution is -2.24. The molecule has 24 heavy (non-hydrogen) atoms. The van der Waals surface area contributed by atoms with E-state index < -0.39 is 6.09 Å². The monoisotopic (exact) mass is 326 g/mol. The van der Waals surface area contributed by atoms with Gasteiger partial charge in [-0.3, -0.25) is 0 Å². The molecule has 6 nitrogen and oxygen atoms in total. The number of hydrogen-bond donors (Lipinski definition) is 1. The second-order valence-corrected chi connectivity index (χ2v) is 5.39. The number of amides is 1. The highest BCUT2D eigenvalue weighted by Gasteiger charge is 2.01. The summed E-state index contributed by atoms with van der Waals surface area (Å²) in [6.45, 7) is 0.791. The number of nitrogens with zero attached hydrogens (tertiary/aromatic N) is 3. The van der Waals surface area contributed by atoms with Gasteiger partial charge in [0.1, 0.15) is 6.61 Å². The lowest BCUT2D eigenvalue weighted by Gasteiger charge is -2.08. The Balaban J connectivity index is 1.64. The van der Waals surface area contributed by atoms with Crippen molar-refractivity contribution in [2.24, 2.45) is 0 Å². The summed E-state index contributed by atoms with van der Waals surface area (Å²) >= 11 is 0. The van der Waals surface area contributed by atoms with E-state index in [0.717, 1.165) is 11.1 Å². The van der Waals surface area contributed by atoms with Crippen molar-refractivity contribution in [3.8, 4) is 0 Å². The fraction of sp³-hybridized carbons (Fsp3) is 0.278. The third-order valence-electron chi connectivity index (χ3n) is 3.16. The van der Waals surface area contributed by atoms with Crippen molar-refractivity contribution >= 4 is 18.1 Å². The Bertz CT molecular complexity index is 654. The van der Waals surface area contributed by atoms with Gasteiger partial charge >= 0.3 is 6.09 Å². The molecule has 0 radical (unpaired) electrons. The summed E-state index contributed by atoms with van der Waals surface area (Å²) in [5, 5.41) is 2.71. The lowest BCUT2D eigenvalue weighted by molar-refractivity contribution is 0.140. The van der Waals surface area contributed by atoms with Crippen LogP contribution in [0, 0.1) is 0 Å². The summed E-state index contributed by atoms with van der Waals surface area (Å²) in [6, 6.07) is 9.58. The molecular formula is C18H22N4O2. The highest BCUT2D eigenvalue weighted by atomic mass is 16.5. The van der Waals surface area contributed by atoms with E-state index in [1.165, 1.54) is 0 Å². The maximum atomic E-state index is 11.6. The third-order valence-corrected chi connectivity index (χ3v) is 3.16. The maximum absolute atomic E-state index is 11.6. The van der Waals surface area contributed by atoms with Crippen molar-refractivity contribution in [2.75, 3.05) is 25.5 Å². The molecule has 1 aromatic carbocycles. The predicted octanol–water partition coefficient (Wildman–Crippen LogP) is 2.87. The van der Waals surface area contributed by atoms with Crippen LogP contribution in [0.2, 0.25) is 0 Å². The van der Waals surface area contributed by atoms with E-state index >= 15 is 0 Å². The Morgan fingerprint density at radius 3 is 2.58 bits per heavy atom. The zero-order chi connectivity index (χ0) is 17.2. The fourth-order valence-electron chi connectivity index (χ4n) is 1.90. The van der Waals surface area contributed by atoms with Gasteiger partial charge in [0, 0.05) is 38.6 Å². The second-order valence-electron chi connectivity index (χ2n) is 5.39. The molecule has 1 aromatic heterocycles. The first-order valence-electron chi connectivity index (χ1n) is 7.75. The van der Waals surface area contributed by atoms with Crippen LogP contribution in [0.25, 0.3) is 6.08 Å². The van der Waals surface area contributed by atoms with E-state index in [4.69, 9.17) is 4.74 Å². The van der Waals surface area contributed by atoms with E-state index in [9.17, 15) is 4.79 Å². The molecule has 0 aliphatic heterocycles. The third kappa shape index (κ3) is 6.08. The van der Waals surface area contributed by atoms with Gasteiger partial charge in [-0.25, -0.2) is 14.8 Å². The summed E-state index contributed by atoms with van der Waals surface area (Å²) in [4.78, 5) is 21.9. The molecule has 1 heterocycles. The molecule has 2 rings (SSSR count). The smallest absolute Gasteiger partial charge is 0.407 e. The van der Waals surface area contributed by atoms with Crippen LogP contribution in [-0.4, -0.2) is 36.7 Å². The van der Waals surface area contributed by atoms with Gasteiger partial charge in [0.25, 0.3) is 0 Å². The second kappa shape index (κ2) is 9.29. The number of aromatic nitrogens is 2. The van der Waals surface area contributed by atoms with Gasteiger partial charge in [0.2, 0.25) is 5.95 Å². The molecule has 2 aromatic rings. The van der Waals surface area contributed by atoms with Crippen LogP contribution in [0.5, 0.6) is 0 Å². The first-order chi connectivity index (χ1) is 11.6. The molecule has 126 valence electrons. The summed E-state index contributed by atoms with van der Waals surface area (Å²) in [5.41, 5.74) is 1.89. The molecular weight excluding hydrogens is 304 g/mol. The van der Waals surface area contributed by atoms with Gasteiger partial charge in [0.15, 0.2) is 0 Å². The van der Waals surface area contributed by atoms with Crippen LogP contribution < -0.4 is 10.2 Å². The molecule has 0 bridgehead atoms. The minimum absolute atomic E-state index is 0.276. The normalized spacial score (nSPS) is 10.6. The average molecular weight is 326 g/mol. The first kappa shape index (κ1) is 17.5. The van der Waals surface area contributed by atoms with Crippen molar-refractivity contribution in [2.45, 2.75) is 13.0 Å². The van der Waals surface area contributed by atoms with Crippen molar-refractivity contribution in [1.29, 1.82) is 0 Å². The molecule has 0 saturated carbocycles. The van der Waals surface area contributed by atoms with Gasteiger partial charge in [0.05, 0.1) is 0 Å². The number of ether oxygens (including phenoxy) is 1. The Kier molecular flexibility index (Phi) is 6.76. The number of alkyl carbamates (subject to hydrolysis) is 1. The van der Waals surface area contributed by atoms with Crippen LogP contribution in [-0.2, 0) is 11.3 Å². The van der Waals surface area contributed by atoms with E-state index in [1.807, 2.05) is 61.5 Å².